The largest absolute Gasteiger partial charge is 0.385 e. The summed E-state index contributed by atoms with van der Waals surface area (Å²) in [6.07, 6.45) is 0.876. The normalized spacial score (nSPS) is 12.2. The number of methoxy groups -OCH3 is 1. The summed E-state index contributed by atoms with van der Waals surface area (Å²) in [6, 6.07) is 7.33. The fourth-order valence-corrected chi connectivity index (χ4v) is 1.63. The van der Waals surface area contributed by atoms with E-state index in [0.29, 0.717) is 17.3 Å². The van der Waals surface area contributed by atoms with E-state index in [4.69, 9.17) is 16.3 Å². The van der Waals surface area contributed by atoms with E-state index >= 15 is 0 Å². The first-order valence-corrected chi connectivity index (χ1v) is 6.27. The molecule has 0 radical (unpaired) electrons. The summed E-state index contributed by atoms with van der Waals surface area (Å²) < 4.78 is 4.97. The van der Waals surface area contributed by atoms with Gasteiger partial charge < -0.3 is 15.4 Å². The summed E-state index contributed by atoms with van der Waals surface area (Å²) in [4.78, 5) is 11.7. The van der Waals surface area contributed by atoms with Crippen LogP contribution in [-0.4, -0.2) is 32.2 Å². The van der Waals surface area contributed by atoms with Crippen LogP contribution in [0.25, 0.3) is 0 Å². The number of anilines is 1. The van der Waals surface area contributed by atoms with Gasteiger partial charge in [0.15, 0.2) is 0 Å². The number of carbonyl (C=O) groups is 1. The van der Waals surface area contributed by atoms with E-state index in [9.17, 15) is 4.79 Å². The van der Waals surface area contributed by atoms with E-state index in [-0.39, 0.29) is 18.5 Å². The summed E-state index contributed by atoms with van der Waals surface area (Å²) in [5.41, 5.74) is 0.707. The highest BCUT2D eigenvalue weighted by Crippen LogP contribution is 2.14. The number of ether oxygens (including phenoxy) is 1. The van der Waals surface area contributed by atoms with E-state index < -0.39 is 0 Å². The molecule has 1 amide bonds. The van der Waals surface area contributed by atoms with Crippen LogP contribution in [0.4, 0.5) is 5.69 Å². The molecule has 1 aromatic rings. The minimum Gasteiger partial charge on any atom is -0.385 e. The predicted octanol–water partition coefficient (Wildman–Crippen LogP) is 2.29. The number of nitrogens with one attached hydrogen (secondary N) is 2. The molecule has 0 saturated heterocycles. The van der Waals surface area contributed by atoms with Gasteiger partial charge in [-0.3, -0.25) is 4.79 Å². The molecule has 0 saturated carbocycles. The zero-order valence-electron chi connectivity index (χ0n) is 10.7. The van der Waals surface area contributed by atoms with Gasteiger partial charge in [0.2, 0.25) is 5.91 Å². The van der Waals surface area contributed by atoms with Gasteiger partial charge in [-0.05, 0) is 31.5 Å². The highest BCUT2D eigenvalue weighted by molar-refractivity contribution is 6.30. The molecule has 1 atom stereocenters. The second-order valence-corrected chi connectivity index (χ2v) is 4.56. The lowest BCUT2D eigenvalue weighted by Gasteiger charge is -2.13. The maximum absolute atomic E-state index is 11.7. The quantitative estimate of drug-likeness (QED) is 0.799. The molecule has 1 rings (SSSR count). The van der Waals surface area contributed by atoms with Gasteiger partial charge in [-0.15, -0.1) is 0 Å². The Morgan fingerprint density at radius 3 is 2.94 bits per heavy atom. The number of benzene rings is 1. The van der Waals surface area contributed by atoms with Crippen LogP contribution in [0.15, 0.2) is 24.3 Å². The number of hydrogen-bond acceptors (Lipinski definition) is 3. The van der Waals surface area contributed by atoms with Crippen LogP contribution in [-0.2, 0) is 9.53 Å². The predicted molar refractivity (Wildman–Crippen MR) is 74.0 cm³/mol. The van der Waals surface area contributed by atoms with E-state index in [1.807, 2.05) is 6.92 Å². The zero-order chi connectivity index (χ0) is 13.4. The van der Waals surface area contributed by atoms with Crippen molar-refractivity contribution in [1.82, 2.24) is 5.32 Å². The SMILES string of the molecule is COCCC(C)NCC(=O)Nc1cccc(Cl)c1. The highest BCUT2D eigenvalue weighted by Gasteiger charge is 2.05. The van der Waals surface area contributed by atoms with Crippen LogP contribution in [0.2, 0.25) is 5.02 Å². The highest BCUT2D eigenvalue weighted by atomic mass is 35.5. The first kappa shape index (κ1) is 15.0. The van der Waals surface area contributed by atoms with E-state index in [2.05, 4.69) is 10.6 Å². The minimum atomic E-state index is -0.0819. The first-order valence-electron chi connectivity index (χ1n) is 5.89. The summed E-state index contributed by atoms with van der Waals surface area (Å²) in [5, 5.41) is 6.51. The zero-order valence-corrected chi connectivity index (χ0v) is 11.5. The van der Waals surface area contributed by atoms with Crippen LogP contribution in [0.3, 0.4) is 0 Å². The molecule has 2 N–H and O–H groups in total. The Morgan fingerprint density at radius 1 is 1.50 bits per heavy atom. The smallest absolute Gasteiger partial charge is 0.238 e. The van der Waals surface area contributed by atoms with Crippen LogP contribution >= 0.6 is 11.6 Å². The third kappa shape index (κ3) is 6.00. The molecule has 0 aliphatic rings. The van der Waals surface area contributed by atoms with Crippen molar-refractivity contribution in [2.24, 2.45) is 0 Å². The van der Waals surface area contributed by atoms with Crippen molar-refractivity contribution in [2.75, 3.05) is 25.6 Å². The lowest BCUT2D eigenvalue weighted by molar-refractivity contribution is -0.115. The van der Waals surface area contributed by atoms with Crippen LogP contribution < -0.4 is 10.6 Å². The number of halogens is 1. The average Bonchev–Trinajstić information content (AvgIpc) is 2.34. The van der Waals surface area contributed by atoms with Crippen LogP contribution in [0.1, 0.15) is 13.3 Å². The molecule has 0 fully saturated rings. The van der Waals surface area contributed by atoms with Crippen molar-refractivity contribution in [2.45, 2.75) is 19.4 Å². The van der Waals surface area contributed by atoms with Crippen molar-refractivity contribution >= 4 is 23.2 Å². The minimum absolute atomic E-state index is 0.0819. The molecule has 0 heterocycles. The van der Waals surface area contributed by atoms with Crippen LogP contribution in [0, 0.1) is 0 Å². The fourth-order valence-electron chi connectivity index (χ4n) is 1.44. The fraction of sp³-hybridized carbons (Fsp3) is 0.462. The van der Waals surface area contributed by atoms with Gasteiger partial charge in [0.25, 0.3) is 0 Å². The van der Waals surface area contributed by atoms with Gasteiger partial charge in [-0.1, -0.05) is 17.7 Å². The van der Waals surface area contributed by atoms with Gasteiger partial charge in [0.05, 0.1) is 6.54 Å². The topological polar surface area (TPSA) is 50.4 Å². The molecular formula is C13H19ClN2O2. The number of rotatable bonds is 7. The lowest BCUT2D eigenvalue weighted by Crippen LogP contribution is -2.35. The molecule has 0 aliphatic heterocycles. The molecule has 1 aromatic carbocycles. The van der Waals surface area contributed by atoms with E-state index in [1.165, 1.54) is 0 Å². The monoisotopic (exact) mass is 270 g/mol. The summed E-state index contributed by atoms with van der Waals surface area (Å²) in [6.45, 7) is 2.98. The third-order valence-electron chi connectivity index (χ3n) is 2.47. The Bertz CT molecular complexity index is 385. The van der Waals surface area contributed by atoms with Gasteiger partial charge in [0, 0.05) is 30.5 Å². The van der Waals surface area contributed by atoms with Crippen molar-refractivity contribution in [3.05, 3.63) is 29.3 Å². The maximum atomic E-state index is 11.7. The Balaban J connectivity index is 2.29. The summed E-state index contributed by atoms with van der Waals surface area (Å²) >= 11 is 5.83. The molecule has 0 aliphatic carbocycles. The Labute approximate surface area is 113 Å². The van der Waals surface area contributed by atoms with Gasteiger partial charge >= 0.3 is 0 Å². The molecule has 0 aromatic heterocycles. The van der Waals surface area contributed by atoms with E-state index in [0.717, 1.165) is 6.42 Å². The van der Waals surface area contributed by atoms with Crippen molar-refractivity contribution < 1.29 is 9.53 Å². The summed E-state index contributed by atoms with van der Waals surface area (Å²) in [7, 11) is 1.67. The molecule has 18 heavy (non-hydrogen) atoms. The standard InChI is InChI=1S/C13H19ClN2O2/c1-10(6-7-18-2)15-9-13(17)16-12-5-3-4-11(14)8-12/h3-5,8,10,15H,6-7,9H2,1-2H3,(H,16,17). The van der Waals surface area contributed by atoms with Crippen molar-refractivity contribution in [1.29, 1.82) is 0 Å². The lowest BCUT2D eigenvalue weighted by atomic mass is 10.2. The van der Waals surface area contributed by atoms with Gasteiger partial charge in [-0.25, -0.2) is 0 Å². The first-order chi connectivity index (χ1) is 8.61. The molecule has 1 unspecified atom stereocenters. The second-order valence-electron chi connectivity index (χ2n) is 4.12. The summed E-state index contributed by atoms with van der Waals surface area (Å²) in [5.74, 6) is -0.0819. The Hall–Kier alpha value is -1.10. The van der Waals surface area contributed by atoms with Crippen molar-refractivity contribution in [3.8, 4) is 0 Å². The molecule has 4 nitrogen and oxygen atoms in total. The maximum Gasteiger partial charge on any atom is 0.238 e. The molecule has 5 heteroatoms. The number of hydrogen-bond donors (Lipinski definition) is 2. The molecule has 0 bridgehead atoms. The average molecular weight is 271 g/mol. The van der Waals surface area contributed by atoms with Gasteiger partial charge in [0.1, 0.15) is 0 Å². The molecular weight excluding hydrogens is 252 g/mol. The third-order valence-corrected chi connectivity index (χ3v) is 2.71. The Morgan fingerprint density at radius 2 is 2.28 bits per heavy atom. The van der Waals surface area contributed by atoms with Crippen molar-refractivity contribution in [3.63, 3.8) is 0 Å². The Kier molecular flexibility index (Phi) is 6.72. The van der Waals surface area contributed by atoms with Gasteiger partial charge in [-0.2, -0.15) is 0 Å². The number of amides is 1. The molecule has 0 spiro atoms. The second kappa shape index (κ2) is 8.08. The molecule has 100 valence electrons. The van der Waals surface area contributed by atoms with E-state index in [1.54, 1.807) is 31.4 Å². The number of carbonyl (C=O) groups excluding carboxylic acids is 1. The van der Waals surface area contributed by atoms with Crippen LogP contribution in [0.5, 0.6) is 0 Å².